The second-order valence-electron chi connectivity index (χ2n) is 6.71. The smallest absolute Gasteiger partial charge is 0.0721 e. The van der Waals surface area contributed by atoms with E-state index in [1.165, 1.54) is 31.3 Å². The molecule has 0 radical (unpaired) electrons. The average Bonchev–Trinajstić information content (AvgIpc) is 2.58. The molecule has 0 bridgehead atoms. The van der Waals surface area contributed by atoms with Gasteiger partial charge in [-0.1, -0.05) is 51.0 Å². The lowest BCUT2D eigenvalue weighted by Crippen LogP contribution is -2.42. The van der Waals surface area contributed by atoms with Gasteiger partial charge in [0, 0.05) is 13.1 Å². The van der Waals surface area contributed by atoms with Crippen LogP contribution >= 0.6 is 0 Å². The van der Waals surface area contributed by atoms with E-state index in [9.17, 15) is 0 Å². The number of likely N-dealkylation sites (tertiary alicyclic amines) is 1. The Morgan fingerprint density at radius 1 is 1.22 bits per heavy atom. The Labute approximate surface area is 145 Å². The maximum absolute atomic E-state index is 6.11. The first-order valence-corrected chi connectivity index (χ1v) is 9.26. The minimum atomic E-state index is 0.0959. The monoisotopic (exact) mass is 321 g/mol. The fourth-order valence-electron chi connectivity index (χ4n) is 2.27. The number of allylic oxidation sites excluding steroid dienone is 3. The molecule has 0 aromatic carbocycles. The third-order valence-electron chi connectivity index (χ3n) is 4.20. The van der Waals surface area contributed by atoms with Gasteiger partial charge in [-0.2, -0.15) is 0 Å². The van der Waals surface area contributed by atoms with E-state index in [4.69, 9.17) is 4.74 Å². The van der Waals surface area contributed by atoms with Crippen molar-refractivity contribution in [1.82, 2.24) is 4.90 Å². The number of nitrogens with zero attached hydrogens (tertiary/aromatic N) is 1. The topological polar surface area (TPSA) is 12.5 Å². The molecule has 0 amide bonds. The van der Waals surface area contributed by atoms with Crippen LogP contribution in [-0.4, -0.2) is 37.2 Å². The van der Waals surface area contributed by atoms with Gasteiger partial charge >= 0.3 is 0 Å². The van der Waals surface area contributed by atoms with Crippen LogP contribution in [0.15, 0.2) is 36.5 Å². The number of rotatable bonds is 4. The highest BCUT2D eigenvalue weighted by Crippen LogP contribution is 2.26. The van der Waals surface area contributed by atoms with E-state index in [-0.39, 0.29) is 5.60 Å². The molecule has 1 saturated heterocycles. The fraction of sp³-hybridized carbons (Fsp3) is 0.714. The molecule has 0 saturated carbocycles. The highest BCUT2D eigenvalue weighted by molar-refractivity contribution is 5.22. The number of unbranched alkanes of at least 4 members (excludes halogenated alkanes) is 1. The lowest BCUT2D eigenvalue weighted by molar-refractivity contribution is -0.0574. The van der Waals surface area contributed by atoms with Gasteiger partial charge in [-0.05, 0) is 52.2 Å². The fourth-order valence-corrected chi connectivity index (χ4v) is 2.27. The number of hydrogen-bond acceptors (Lipinski definition) is 2. The van der Waals surface area contributed by atoms with Gasteiger partial charge in [0.2, 0.25) is 0 Å². The maximum Gasteiger partial charge on any atom is 0.0721 e. The van der Waals surface area contributed by atoms with Gasteiger partial charge in [-0.3, -0.25) is 0 Å². The average molecular weight is 322 g/mol. The third kappa shape index (κ3) is 11.3. The molecule has 134 valence electrons. The molecule has 1 aliphatic heterocycles. The molecule has 2 heteroatoms. The lowest BCUT2D eigenvalue weighted by Gasteiger charge is -2.38. The summed E-state index contributed by atoms with van der Waals surface area (Å²) < 4.78 is 6.11. The first kappa shape index (κ1) is 22.1. The van der Waals surface area contributed by atoms with Crippen molar-refractivity contribution in [2.24, 2.45) is 0 Å². The number of hydrogen-bond donors (Lipinski definition) is 0. The second-order valence-corrected chi connectivity index (χ2v) is 6.71. The summed E-state index contributed by atoms with van der Waals surface area (Å²) in [6, 6.07) is 0. The molecule has 0 unspecified atom stereocenters. The molecule has 1 aliphatic carbocycles. The molecule has 0 spiro atoms. The van der Waals surface area contributed by atoms with Crippen LogP contribution in [0.4, 0.5) is 0 Å². The van der Waals surface area contributed by atoms with E-state index >= 15 is 0 Å². The summed E-state index contributed by atoms with van der Waals surface area (Å²) in [5.74, 6) is 0. The van der Waals surface area contributed by atoms with Crippen LogP contribution in [0.3, 0.4) is 0 Å². The normalized spacial score (nSPS) is 19.6. The molecule has 23 heavy (non-hydrogen) atoms. The van der Waals surface area contributed by atoms with Crippen molar-refractivity contribution >= 4 is 0 Å². The molecule has 0 N–H and O–H groups in total. The van der Waals surface area contributed by atoms with Crippen LogP contribution in [0.5, 0.6) is 0 Å². The Balaban J connectivity index is 0.000000591. The maximum atomic E-state index is 6.11. The van der Waals surface area contributed by atoms with Crippen LogP contribution in [0.2, 0.25) is 0 Å². The summed E-state index contributed by atoms with van der Waals surface area (Å²) in [5, 5.41) is 0. The Bertz CT molecular complexity index is 347. The molecule has 1 heterocycles. The van der Waals surface area contributed by atoms with Gasteiger partial charge in [-0.15, -0.1) is 6.58 Å². The standard InChI is InChI=1S/C14H23NO.C4H10.C3H6/c1-14(8-10-15(2)11-9-14)16-12-13-6-4-3-5-7-13;1-3-4-2;1-3-2/h4,6-7H,3,5,8-12H2,1-2H3;3-4H2,1-2H3;3H,1H2,2H3. The van der Waals surface area contributed by atoms with Crippen molar-refractivity contribution in [3.05, 3.63) is 36.5 Å². The summed E-state index contributed by atoms with van der Waals surface area (Å²) >= 11 is 0. The van der Waals surface area contributed by atoms with E-state index in [0.717, 1.165) is 32.5 Å². The number of ether oxygens (including phenoxy) is 1. The molecular weight excluding hydrogens is 282 g/mol. The minimum Gasteiger partial charge on any atom is -0.371 e. The van der Waals surface area contributed by atoms with E-state index < -0.39 is 0 Å². The van der Waals surface area contributed by atoms with Crippen molar-refractivity contribution in [1.29, 1.82) is 0 Å². The van der Waals surface area contributed by atoms with Crippen molar-refractivity contribution in [3.8, 4) is 0 Å². The third-order valence-corrected chi connectivity index (χ3v) is 4.20. The molecule has 1 fully saturated rings. The predicted octanol–water partition coefficient (Wildman–Crippen LogP) is 5.76. The minimum absolute atomic E-state index is 0.0959. The van der Waals surface area contributed by atoms with E-state index in [1.54, 1.807) is 6.08 Å². The Hall–Kier alpha value is -0.860. The number of piperidine rings is 1. The van der Waals surface area contributed by atoms with Crippen molar-refractivity contribution in [2.75, 3.05) is 26.7 Å². The molecule has 0 aromatic heterocycles. The van der Waals surface area contributed by atoms with Gasteiger partial charge in [0.05, 0.1) is 12.2 Å². The van der Waals surface area contributed by atoms with Crippen molar-refractivity contribution in [2.45, 2.75) is 71.8 Å². The quantitative estimate of drug-likeness (QED) is 0.610. The summed E-state index contributed by atoms with van der Waals surface area (Å²) in [6.07, 6.45) is 15.8. The van der Waals surface area contributed by atoms with E-state index in [1.807, 2.05) is 6.92 Å². The summed E-state index contributed by atoms with van der Waals surface area (Å²) in [6.45, 7) is 15.0. The van der Waals surface area contributed by atoms with Crippen molar-refractivity contribution < 1.29 is 4.74 Å². The molecule has 2 aliphatic rings. The highest BCUT2D eigenvalue weighted by Gasteiger charge is 2.29. The van der Waals surface area contributed by atoms with E-state index in [2.05, 4.69) is 57.5 Å². The SMILES string of the molecule is C=CC.CCCC.CN1CCC(C)(OCC2=CCCC=C2)CC1. The Kier molecular flexibility index (Phi) is 13.1. The van der Waals surface area contributed by atoms with Crippen LogP contribution in [0.25, 0.3) is 0 Å². The van der Waals surface area contributed by atoms with Crippen LogP contribution < -0.4 is 0 Å². The lowest BCUT2D eigenvalue weighted by atomic mass is 9.93. The van der Waals surface area contributed by atoms with Gasteiger partial charge in [0.1, 0.15) is 0 Å². The molecule has 2 rings (SSSR count). The van der Waals surface area contributed by atoms with Crippen LogP contribution in [0.1, 0.15) is 66.2 Å². The van der Waals surface area contributed by atoms with Crippen molar-refractivity contribution in [3.63, 3.8) is 0 Å². The zero-order valence-corrected chi connectivity index (χ0v) is 16.2. The first-order chi connectivity index (χ1) is 11.0. The Morgan fingerprint density at radius 3 is 2.22 bits per heavy atom. The zero-order valence-electron chi connectivity index (χ0n) is 16.2. The second kappa shape index (κ2) is 13.6. The summed E-state index contributed by atoms with van der Waals surface area (Å²) in [5.41, 5.74) is 1.45. The van der Waals surface area contributed by atoms with Crippen LogP contribution in [-0.2, 0) is 4.74 Å². The van der Waals surface area contributed by atoms with Gasteiger partial charge < -0.3 is 9.64 Å². The van der Waals surface area contributed by atoms with E-state index in [0.29, 0.717) is 0 Å². The highest BCUT2D eigenvalue weighted by atomic mass is 16.5. The predicted molar refractivity (Wildman–Crippen MR) is 104 cm³/mol. The van der Waals surface area contributed by atoms with Gasteiger partial charge in [-0.25, -0.2) is 0 Å². The molecule has 2 nitrogen and oxygen atoms in total. The molecular formula is C21H39NO. The van der Waals surface area contributed by atoms with Crippen LogP contribution in [0, 0.1) is 0 Å². The summed E-state index contributed by atoms with van der Waals surface area (Å²) in [4.78, 5) is 2.38. The molecule has 0 atom stereocenters. The summed E-state index contributed by atoms with van der Waals surface area (Å²) in [7, 11) is 2.19. The first-order valence-electron chi connectivity index (χ1n) is 9.26. The molecule has 0 aromatic rings. The van der Waals surface area contributed by atoms with Gasteiger partial charge in [0.15, 0.2) is 0 Å². The largest absolute Gasteiger partial charge is 0.371 e. The van der Waals surface area contributed by atoms with Gasteiger partial charge in [0.25, 0.3) is 0 Å². The zero-order chi connectivity index (χ0) is 17.6. The Morgan fingerprint density at radius 2 is 1.78 bits per heavy atom.